The summed E-state index contributed by atoms with van der Waals surface area (Å²) in [4.78, 5) is 0. The number of hydrogen-bond acceptors (Lipinski definition) is 0. The Bertz CT molecular complexity index is 293. The van der Waals surface area contributed by atoms with Gasteiger partial charge in [-0.2, -0.15) is 12.2 Å². The van der Waals surface area contributed by atoms with Crippen molar-refractivity contribution in [2.45, 2.75) is 40.5 Å². The first-order valence-electron chi connectivity index (χ1n) is 6.15. The van der Waals surface area contributed by atoms with Crippen LogP contribution < -0.4 is 0 Å². The van der Waals surface area contributed by atoms with E-state index in [0.717, 1.165) is 12.8 Å². The minimum Gasteiger partial charge on any atom is -0.269 e. The van der Waals surface area contributed by atoms with Crippen LogP contribution in [0.15, 0.2) is 35.5 Å². The van der Waals surface area contributed by atoms with Crippen molar-refractivity contribution in [3.05, 3.63) is 47.6 Å². The standard InChI is InChI=1S/2C8H11.Co/c2*1-7(2)8-5-3-4-6-8;/h2*3,5,7H,4H2,1-2H3;/q2*-1;+2. The van der Waals surface area contributed by atoms with Crippen LogP contribution in [0.1, 0.15) is 40.5 Å². The van der Waals surface area contributed by atoms with Gasteiger partial charge in [-0.25, -0.2) is 23.3 Å². The quantitative estimate of drug-likeness (QED) is 0.642. The fourth-order valence-corrected chi connectivity index (χ4v) is 1.64. The van der Waals surface area contributed by atoms with Gasteiger partial charge in [0.2, 0.25) is 0 Å². The molecule has 0 aromatic rings. The molecule has 0 N–H and O–H groups in total. The van der Waals surface area contributed by atoms with Crippen LogP contribution in [0, 0.1) is 24.0 Å². The first-order chi connectivity index (χ1) is 7.61. The molecule has 0 saturated carbocycles. The van der Waals surface area contributed by atoms with Crippen LogP contribution in [0.5, 0.6) is 0 Å². The van der Waals surface area contributed by atoms with E-state index in [1.54, 1.807) is 0 Å². The Balaban J connectivity index is 0.000000284. The maximum atomic E-state index is 3.26. The van der Waals surface area contributed by atoms with Crippen molar-refractivity contribution in [1.82, 2.24) is 0 Å². The SMILES string of the molecule is CC(C)C1=[C-]CC=C1.CC(C)C1=[C-]CC=C1.[Co+2]. The molecule has 0 amide bonds. The minimum atomic E-state index is 0. The average Bonchev–Trinajstić information content (AvgIpc) is 2.93. The molecule has 0 atom stereocenters. The minimum absolute atomic E-state index is 0. The van der Waals surface area contributed by atoms with Crippen molar-refractivity contribution in [3.8, 4) is 0 Å². The van der Waals surface area contributed by atoms with Gasteiger partial charge >= 0.3 is 16.8 Å². The smallest absolute Gasteiger partial charge is 0.269 e. The second kappa shape index (κ2) is 8.54. The molecule has 0 saturated heterocycles. The molecule has 0 aromatic carbocycles. The number of rotatable bonds is 2. The Labute approximate surface area is 117 Å². The van der Waals surface area contributed by atoms with E-state index in [1.165, 1.54) is 11.1 Å². The topological polar surface area (TPSA) is 0 Å². The van der Waals surface area contributed by atoms with E-state index in [-0.39, 0.29) is 16.8 Å². The largest absolute Gasteiger partial charge is 2.00 e. The van der Waals surface area contributed by atoms with Gasteiger partial charge in [0, 0.05) is 0 Å². The van der Waals surface area contributed by atoms with Gasteiger partial charge < -0.3 is 0 Å². The van der Waals surface area contributed by atoms with Crippen LogP contribution in [0.25, 0.3) is 0 Å². The molecule has 0 spiro atoms. The van der Waals surface area contributed by atoms with Crippen molar-refractivity contribution in [2.75, 3.05) is 0 Å². The van der Waals surface area contributed by atoms with Crippen LogP contribution in [-0.2, 0) is 16.8 Å². The molecule has 1 radical (unpaired) electrons. The summed E-state index contributed by atoms with van der Waals surface area (Å²) in [6.07, 6.45) is 17.2. The Morgan fingerprint density at radius 2 is 1.18 bits per heavy atom. The summed E-state index contributed by atoms with van der Waals surface area (Å²) in [5.74, 6) is 1.32. The van der Waals surface area contributed by atoms with Crippen molar-refractivity contribution < 1.29 is 16.8 Å². The van der Waals surface area contributed by atoms with Gasteiger partial charge in [0.05, 0.1) is 0 Å². The van der Waals surface area contributed by atoms with Gasteiger partial charge in [-0.05, 0) is 0 Å². The van der Waals surface area contributed by atoms with Gasteiger partial charge in [0.15, 0.2) is 0 Å². The Morgan fingerprint density at radius 3 is 1.29 bits per heavy atom. The van der Waals surface area contributed by atoms with Crippen molar-refractivity contribution in [1.29, 1.82) is 0 Å². The second-order valence-corrected chi connectivity index (χ2v) is 4.79. The molecule has 17 heavy (non-hydrogen) atoms. The van der Waals surface area contributed by atoms with E-state index in [1.807, 2.05) is 0 Å². The first kappa shape index (κ1) is 16.5. The van der Waals surface area contributed by atoms with Gasteiger partial charge in [-0.3, -0.25) is 12.2 Å². The van der Waals surface area contributed by atoms with Gasteiger partial charge in [0.1, 0.15) is 0 Å². The molecule has 95 valence electrons. The summed E-state index contributed by atoms with van der Waals surface area (Å²) < 4.78 is 0. The zero-order chi connectivity index (χ0) is 12.0. The third-order valence-corrected chi connectivity index (χ3v) is 2.69. The van der Waals surface area contributed by atoms with E-state index in [4.69, 9.17) is 0 Å². The average molecular weight is 273 g/mol. The molecule has 0 aliphatic heterocycles. The molecule has 2 aliphatic rings. The summed E-state index contributed by atoms with van der Waals surface area (Å²) in [7, 11) is 0. The van der Waals surface area contributed by atoms with Crippen molar-refractivity contribution in [3.63, 3.8) is 0 Å². The number of allylic oxidation sites excluding steroid dienone is 8. The molecule has 2 rings (SSSR count). The third kappa shape index (κ3) is 6.09. The molecular weight excluding hydrogens is 251 g/mol. The fourth-order valence-electron chi connectivity index (χ4n) is 1.64. The van der Waals surface area contributed by atoms with Crippen LogP contribution in [0.4, 0.5) is 0 Å². The zero-order valence-electron chi connectivity index (χ0n) is 11.2. The predicted octanol–water partition coefficient (Wildman–Crippen LogP) is 4.66. The molecular formula is C16H22Co. The maximum absolute atomic E-state index is 3.26. The van der Waals surface area contributed by atoms with Crippen LogP contribution >= 0.6 is 0 Å². The second-order valence-electron chi connectivity index (χ2n) is 4.79. The van der Waals surface area contributed by atoms with Crippen molar-refractivity contribution >= 4 is 0 Å². The summed E-state index contributed by atoms with van der Waals surface area (Å²) in [6.45, 7) is 8.77. The van der Waals surface area contributed by atoms with E-state index in [9.17, 15) is 0 Å². The predicted molar refractivity (Wildman–Crippen MR) is 70.7 cm³/mol. The Hall–Kier alpha value is -0.534. The molecule has 0 aromatic heterocycles. The van der Waals surface area contributed by atoms with Gasteiger partial charge in [-0.15, -0.1) is 12.8 Å². The van der Waals surface area contributed by atoms with E-state index in [2.05, 4.69) is 64.2 Å². The molecule has 0 fully saturated rings. The molecule has 2 aliphatic carbocycles. The van der Waals surface area contributed by atoms with E-state index in [0.29, 0.717) is 11.8 Å². The Morgan fingerprint density at radius 1 is 0.824 bits per heavy atom. The molecule has 0 bridgehead atoms. The molecule has 1 heteroatoms. The maximum Gasteiger partial charge on any atom is 2.00 e. The van der Waals surface area contributed by atoms with Crippen LogP contribution in [0.3, 0.4) is 0 Å². The van der Waals surface area contributed by atoms with Gasteiger partial charge in [-0.1, -0.05) is 39.5 Å². The summed E-state index contributed by atoms with van der Waals surface area (Å²) >= 11 is 0. The monoisotopic (exact) mass is 273 g/mol. The van der Waals surface area contributed by atoms with E-state index >= 15 is 0 Å². The van der Waals surface area contributed by atoms with Gasteiger partial charge in [0.25, 0.3) is 0 Å². The summed E-state index contributed by atoms with van der Waals surface area (Å²) in [5, 5.41) is 0. The molecule has 0 nitrogen and oxygen atoms in total. The molecule has 0 unspecified atom stereocenters. The van der Waals surface area contributed by atoms with Crippen LogP contribution in [0.2, 0.25) is 0 Å². The van der Waals surface area contributed by atoms with Crippen molar-refractivity contribution in [2.24, 2.45) is 11.8 Å². The normalized spacial score (nSPS) is 16.6. The molecule has 0 heterocycles. The number of hydrogen-bond donors (Lipinski definition) is 0. The van der Waals surface area contributed by atoms with E-state index < -0.39 is 0 Å². The first-order valence-corrected chi connectivity index (χ1v) is 6.15. The zero-order valence-corrected chi connectivity index (χ0v) is 12.3. The summed E-state index contributed by atoms with van der Waals surface area (Å²) in [5.41, 5.74) is 2.73. The summed E-state index contributed by atoms with van der Waals surface area (Å²) in [6, 6.07) is 0. The van der Waals surface area contributed by atoms with Crippen LogP contribution in [-0.4, -0.2) is 0 Å². The third-order valence-electron chi connectivity index (χ3n) is 2.69. The fraction of sp³-hybridized carbons (Fsp3) is 0.500. The Kier molecular flexibility index (Phi) is 8.27.